The zero-order chi connectivity index (χ0) is 15.2. The molecule has 0 saturated heterocycles. The maximum atomic E-state index is 13.0. The van der Waals surface area contributed by atoms with Gasteiger partial charge in [-0.1, -0.05) is 45.7 Å². The fraction of sp³-hybridized carbons (Fsp3) is 0.294. The second-order valence-electron chi connectivity index (χ2n) is 5.19. The normalized spacial score (nSPS) is 12.4. The summed E-state index contributed by atoms with van der Waals surface area (Å²) in [6, 6.07) is 12.7. The lowest BCUT2D eigenvalue weighted by Gasteiger charge is -2.18. The summed E-state index contributed by atoms with van der Waals surface area (Å²) < 4.78 is 14.0. The number of halogens is 3. The van der Waals surface area contributed by atoms with Crippen molar-refractivity contribution in [3.8, 4) is 0 Å². The van der Waals surface area contributed by atoms with Crippen LogP contribution in [0.25, 0.3) is 0 Å². The molecular formula is C17H18BrClFN. The summed E-state index contributed by atoms with van der Waals surface area (Å²) in [5, 5.41) is 4.01. The van der Waals surface area contributed by atoms with Crippen LogP contribution in [0.15, 0.2) is 46.9 Å². The van der Waals surface area contributed by atoms with Crippen molar-refractivity contribution in [2.75, 3.05) is 13.6 Å². The molecule has 0 amide bonds. The minimum atomic E-state index is -0.195. The molecule has 0 radical (unpaired) electrons. The lowest BCUT2D eigenvalue weighted by Crippen LogP contribution is -2.23. The molecule has 2 aromatic carbocycles. The minimum Gasteiger partial charge on any atom is -0.319 e. The van der Waals surface area contributed by atoms with Crippen molar-refractivity contribution in [1.82, 2.24) is 5.32 Å². The second kappa shape index (κ2) is 7.92. The molecular weight excluding hydrogens is 353 g/mol. The highest BCUT2D eigenvalue weighted by atomic mass is 79.9. The molecule has 0 bridgehead atoms. The lowest BCUT2D eigenvalue weighted by atomic mass is 9.92. The number of benzene rings is 2. The number of hydrogen-bond acceptors (Lipinski definition) is 1. The lowest BCUT2D eigenvalue weighted by molar-refractivity contribution is 0.493. The van der Waals surface area contributed by atoms with E-state index in [0.29, 0.717) is 5.92 Å². The van der Waals surface area contributed by atoms with Crippen LogP contribution in [0.5, 0.6) is 0 Å². The van der Waals surface area contributed by atoms with Crippen molar-refractivity contribution in [3.63, 3.8) is 0 Å². The monoisotopic (exact) mass is 369 g/mol. The van der Waals surface area contributed by atoms with Crippen LogP contribution in [-0.4, -0.2) is 13.6 Å². The molecule has 1 N–H and O–H groups in total. The van der Waals surface area contributed by atoms with Gasteiger partial charge in [0.15, 0.2) is 0 Å². The molecule has 0 aliphatic heterocycles. The smallest absolute Gasteiger partial charge is 0.123 e. The standard InChI is InChI=1S/C17H18BrClFN/c1-21-11-13(8-12-2-6-16(20)7-3-12)9-14-4-5-15(18)10-17(14)19/h2-7,10,13,21H,8-9,11H2,1H3. The Bertz CT molecular complexity index is 586. The summed E-state index contributed by atoms with van der Waals surface area (Å²) in [6.45, 7) is 0.893. The quantitative estimate of drug-likeness (QED) is 0.765. The van der Waals surface area contributed by atoms with Gasteiger partial charge in [-0.25, -0.2) is 4.39 Å². The molecule has 2 aromatic rings. The van der Waals surface area contributed by atoms with E-state index in [2.05, 4.69) is 27.3 Å². The summed E-state index contributed by atoms with van der Waals surface area (Å²) in [4.78, 5) is 0. The van der Waals surface area contributed by atoms with Gasteiger partial charge in [0.05, 0.1) is 0 Å². The zero-order valence-corrected chi connectivity index (χ0v) is 14.2. The average molecular weight is 371 g/mol. The van der Waals surface area contributed by atoms with Gasteiger partial charge in [-0.3, -0.25) is 0 Å². The van der Waals surface area contributed by atoms with Crippen molar-refractivity contribution >= 4 is 27.5 Å². The van der Waals surface area contributed by atoms with Crippen molar-refractivity contribution in [2.45, 2.75) is 12.8 Å². The third-order valence-corrected chi connectivity index (χ3v) is 4.30. The minimum absolute atomic E-state index is 0.195. The number of hydrogen-bond donors (Lipinski definition) is 1. The van der Waals surface area contributed by atoms with E-state index >= 15 is 0 Å². The molecule has 1 nitrogen and oxygen atoms in total. The van der Waals surface area contributed by atoms with Crippen LogP contribution >= 0.6 is 27.5 Å². The Hall–Kier alpha value is -0.900. The third-order valence-electron chi connectivity index (χ3n) is 3.45. The molecule has 0 heterocycles. The van der Waals surface area contributed by atoms with E-state index in [9.17, 15) is 4.39 Å². The number of nitrogens with one attached hydrogen (secondary N) is 1. The van der Waals surface area contributed by atoms with Gasteiger partial charge < -0.3 is 5.32 Å². The Kier molecular flexibility index (Phi) is 6.22. The Morgan fingerprint density at radius 3 is 2.48 bits per heavy atom. The van der Waals surface area contributed by atoms with Gasteiger partial charge >= 0.3 is 0 Å². The highest BCUT2D eigenvalue weighted by molar-refractivity contribution is 9.10. The van der Waals surface area contributed by atoms with Gasteiger partial charge in [0.1, 0.15) is 5.82 Å². The number of rotatable bonds is 6. The van der Waals surface area contributed by atoms with Crippen LogP contribution < -0.4 is 5.32 Å². The highest BCUT2D eigenvalue weighted by Crippen LogP contribution is 2.25. The fourth-order valence-electron chi connectivity index (χ4n) is 2.46. The molecule has 0 aliphatic rings. The first-order valence-corrected chi connectivity index (χ1v) is 8.08. The summed E-state index contributed by atoms with van der Waals surface area (Å²) in [6.07, 6.45) is 1.79. The summed E-state index contributed by atoms with van der Waals surface area (Å²) in [5.41, 5.74) is 2.28. The van der Waals surface area contributed by atoms with E-state index in [1.807, 2.05) is 31.3 Å². The Morgan fingerprint density at radius 1 is 1.14 bits per heavy atom. The topological polar surface area (TPSA) is 12.0 Å². The Labute approximate surface area is 138 Å². The maximum Gasteiger partial charge on any atom is 0.123 e. The molecule has 21 heavy (non-hydrogen) atoms. The summed E-state index contributed by atoms with van der Waals surface area (Å²) >= 11 is 9.72. The van der Waals surface area contributed by atoms with E-state index in [0.717, 1.165) is 40.0 Å². The van der Waals surface area contributed by atoms with Crippen molar-refractivity contribution in [2.24, 2.45) is 5.92 Å². The second-order valence-corrected chi connectivity index (χ2v) is 6.52. The van der Waals surface area contributed by atoms with Crippen LogP contribution in [0.3, 0.4) is 0 Å². The van der Waals surface area contributed by atoms with Crippen LogP contribution in [0.2, 0.25) is 5.02 Å². The molecule has 0 aromatic heterocycles. The van der Waals surface area contributed by atoms with Gasteiger partial charge in [0.2, 0.25) is 0 Å². The first-order chi connectivity index (χ1) is 10.1. The molecule has 1 atom stereocenters. The summed E-state index contributed by atoms with van der Waals surface area (Å²) in [5.74, 6) is 0.221. The van der Waals surface area contributed by atoms with Crippen LogP contribution in [0.1, 0.15) is 11.1 Å². The Balaban J connectivity index is 2.09. The third kappa shape index (κ3) is 5.10. The average Bonchev–Trinajstić information content (AvgIpc) is 2.44. The van der Waals surface area contributed by atoms with Gasteiger partial charge in [0, 0.05) is 9.50 Å². The first-order valence-electron chi connectivity index (χ1n) is 6.91. The molecule has 0 aliphatic carbocycles. The molecule has 0 spiro atoms. The van der Waals surface area contributed by atoms with E-state index < -0.39 is 0 Å². The highest BCUT2D eigenvalue weighted by Gasteiger charge is 2.12. The van der Waals surface area contributed by atoms with Gasteiger partial charge in [-0.15, -0.1) is 0 Å². The molecule has 112 valence electrons. The molecule has 4 heteroatoms. The van der Waals surface area contributed by atoms with E-state index in [-0.39, 0.29) is 5.82 Å². The van der Waals surface area contributed by atoms with Crippen LogP contribution in [-0.2, 0) is 12.8 Å². The summed E-state index contributed by atoms with van der Waals surface area (Å²) in [7, 11) is 1.95. The Morgan fingerprint density at radius 2 is 1.86 bits per heavy atom. The van der Waals surface area contributed by atoms with Gasteiger partial charge in [-0.2, -0.15) is 0 Å². The van der Waals surface area contributed by atoms with E-state index in [1.165, 1.54) is 12.1 Å². The molecule has 1 unspecified atom stereocenters. The predicted molar refractivity (Wildman–Crippen MR) is 90.4 cm³/mol. The predicted octanol–water partition coefficient (Wildman–Crippen LogP) is 4.86. The van der Waals surface area contributed by atoms with Crippen LogP contribution in [0.4, 0.5) is 4.39 Å². The largest absolute Gasteiger partial charge is 0.319 e. The van der Waals surface area contributed by atoms with Crippen molar-refractivity contribution < 1.29 is 4.39 Å². The van der Waals surface area contributed by atoms with Crippen molar-refractivity contribution in [1.29, 1.82) is 0 Å². The molecule has 0 saturated carbocycles. The SMILES string of the molecule is CNCC(Cc1ccc(F)cc1)Cc1ccc(Br)cc1Cl. The molecule has 0 fully saturated rings. The maximum absolute atomic E-state index is 13.0. The van der Waals surface area contributed by atoms with Gasteiger partial charge in [-0.05, 0) is 67.7 Å². The van der Waals surface area contributed by atoms with E-state index in [4.69, 9.17) is 11.6 Å². The van der Waals surface area contributed by atoms with Gasteiger partial charge in [0.25, 0.3) is 0 Å². The van der Waals surface area contributed by atoms with Crippen LogP contribution in [0, 0.1) is 11.7 Å². The molecule has 2 rings (SSSR count). The van der Waals surface area contributed by atoms with Crippen molar-refractivity contribution in [3.05, 3.63) is 68.9 Å². The fourth-order valence-corrected chi connectivity index (χ4v) is 3.21. The first kappa shape index (κ1) is 16.5. The van der Waals surface area contributed by atoms with E-state index in [1.54, 1.807) is 0 Å². The zero-order valence-electron chi connectivity index (χ0n) is 11.9.